The van der Waals surface area contributed by atoms with Gasteiger partial charge in [0.1, 0.15) is 11.3 Å². The highest BCUT2D eigenvalue weighted by Crippen LogP contribution is 2.42. The molecule has 5 heteroatoms. The minimum absolute atomic E-state index is 0.309. The number of fused-ring (bicyclic) bond motifs is 1. The lowest BCUT2D eigenvalue weighted by molar-refractivity contribution is 0.343. The summed E-state index contributed by atoms with van der Waals surface area (Å²) in [5.74, 6) is 1.42. The molecule has 1 aromatic carbocycles. The number of anilines is 1. The summed E-state index contributed by atoms with van der Waals surface area (Å²) in [5.41, 5.74) is 8.16. The molecule has 0 radical (unpaired) electrons. The zero-order valence-corrected chi connectivity index (χ0v) is 13.6. The van der Waals surface area contributed by atoms with E-state index in [9.17, 15) is 0 Å². The van der Waals surface area contributed by atoms with Crippen LogP contribution >= 0.6 is 11.8 Å². The molecular weight excluding hydrogens is 282 g/mol. The Morgan fingerprint density at radius 3 is 2.81 bits per heavy atom. The Balaban J connectivity index is 2.02. The van der Waals surface area contributed by atoms with Crippen molar-refractivity contribution in [3.63, 3.8) is 0 Å². The van der Waals surface area contributed by atoms with Gasteiger partial charge in [-0.05, 0) is 38.2 Å². The van der Waals surface area contributed by atoms with Gasteiger partial charge in [-0.1, -0.05) is 18.9 Å². The Bertz CT molecular complexity index is 632. The third kappa shape index (κ3) is 2.59. The zero-order chi connectivity index (χ0) is 14.9. The number of ether oxygens (including phenoxy) is 1. The highest BCUT2D eigenvalue weighted by molar-refractivity contribution is 8.00. The molecule has 1 fully saturated rings. The molecule has 0 unspecified atom stereocenters. The second-order valence-corrected chi connectivity index (χ2v) is 6.98. The van der Waals surface area contributed by atoms with E-state index in [1.165, 1.54) is 25.7 Å². The summed E-state index contributed by atoms with van der Waals surface area (Å²) in [4.78, 5) is 4.55. The Hall–Kier alpha value is -1.36. The van der Waals surface area contributed by atoms with Crippen LogP contribution in [0.1, 0.15) is 32.6 Å². The van der Waals surface area contributed by atoms with Crippen molar-refractivity contribution < 1.29 is 4.74 Å². The molecule has 0 amide bonds. The molecule has 0 spiro atoms. The second kappa shape index (κ2) is 5.79. The van der Waals surface area contributed by atoms with Crippen molar-refractivity contribution in [2.45, 2.75) is 43.9 Å². The summed E-state index contributed by atoms with van der Waals surface area (Å²) in [6.07, 6.45) is 7.37. The largest absolute Gasteiger partial charge is 0.492 e. The lowest BCUT2D eigenvalue weighted by Crippen LogP contribution is -2.27. The number of aromatic nitrogens is 2. The summed E-state index contributed by atoms with van der Waals surface area (Å²) in [6.45, 7) is 3.56. The van der Waals surface area contributed by atoms with Gasteiger partial charge >= 0.3 is 0 Å². The van der Waals surface area contributed by atoms with Gasteiger partial charge in [-0.2, -0.15) is 11.8 Å². The van der Waals surface area contributed by atoms with Crippen molar-refractivity contribution in [3.8, 4) is 5.75 Å². The van der Waals surface area contributed by atoms with Gasteiger partial charge in [0, 0.05) is 11.3 Å². The van der Waals surface area contributed by atoms with E-state index >= 15 is 0 Å². The molecule has 0 atom stereocenters. The van der Waals surface area contributed by atoms with Gasteiger partial charge in [-0.25, -0.2) is 4.98 Å². The van der Waals surface area contributed by atoms with Crippen LogP contribution in [0.4, 0.5) is 5.95 Å². The third-order valence-electron chi connectivity index (χ3n) is 4.47. The van der Waals surface area contributed by atoms with Crippen LogP contribution < -0.4 is 10.5 Å². The molecular formula is C16H23N3OS. The summed E-state index contributed by atoms with van der Waals surface area (Å²) in [6, 6.07) is 6.07. The van der Waals surface area contributed by atoms with Gasteiger partial charge in [0.2, 0.25) is 5.95 Å². The Morgan fingerprint density at radius 1 is 1.38 bits per heavy atom. The second-order valence-electron chi connectivity index (χ2n) is 5.71. The highest BCUT2D eigenvalue weighted by Gasteiger charge is 2.34. The normalized spacial score (nSPS) is 17.4. The lowest BCUT2D eigenvalue weighted by Gasteiger charge is -2.27. The van der Waals surface area contributed by atoms with Crippen LogP contribution in [0, 0.1) is 0 Å². The third-order valence-corrected chi connectivity index (χ3v) is 5.87. The van der Waals surface area contributed by atoms with Crippen molar-refractivity contribution in [1.29, 1.82) is 0 Å². The average molecular weight is 305 g/mol. The van der Waals surface area contributed by atoms with Crippen LogP contribution in [0.5, 0.6) is 5.75 Å². The van der Waals surface area contributed by atoms with E-state index in [-0.39, 0.29) is 0 Å². The van der Waals surface area contributed by atoms with Gasteiger partial charge < -0.3 is 15.0 Å². The molecule has 2 aromatic rings. The van der Waals surface area contributed by atoms with Crippen LogP contribution in [-0.2, 0) is 6.54 Å². The van der Waals surface area contributed by atoms with E-state index in [1.54, 1.807) is 0 Å². The maximum atomic E-state index is 6.20. The summed E-state index contributed by atoms with van der Waals surface area (Å²) in [5, 5.41) is 0. The van der Waals surface area contributed by atoms with Crippen LogP contribution in [-0.4, -0.2) is 27.2 Å². The fourth-order valence-electron chi connectivity index (χ4n) is 3.31. The molecule has 2 N–H and O–H groups in total. The van der Waals surface area contributed by atoms with Crippen molar-refractivity contribution in [1.82, 2.24) is 9.55 Å². The molecule has 21 heavy (non-hydrogen) atoms. The molecule has 1 aliphatic carbocycles. The highest BCUT2D eigenvalue weighted by atomic mass is 32.2. The summed E-state index contributed by atoms with van der Waals surface area (Å²) in [7, 11) is 0. The molecule has 3 rings (SSSR count). The van der Waals surface area contributed by atoms with Crippen LogP contribution in [0.3, 0.4) is 0 Å². The number of nitrogens with two attached hydrogens (primary N) is 1. The van der Waals surface area contributed by atoms with E-state index in [0.29, 0.717) is 17.3 Å². The van der Waals surface area contributed by atoms with E-state index in [1.807, 2.05) is 30.8 Å². The van der Waals surface area contributed by atoms with Gasteiger partial charge in [0.15, 0.2) is 0 Å². The fourth-order valence-corrected chi connectivity index (χ4v) is 4.27. The first-order chi connectivity index (χ1) is 10.2. The number of rotatable bonds is 5. The lowest BCUT2D eigenvalue weighted by atomic mass is 10.1. The zero-order valence-electron chi connectivity index (χ0n) is 12.8. The number of hydrogen-bond donors (Lipinski definition) is 1. The molecule has 0 bridgehead atoms. The van der Waals surface area contributed by atoms with Gasteiger partial charge in [-0.3, -0.25) is 0 Å². The minimum Gasteiger partial charge on any atom is -0.492 e. The number of nitrogen functional groups attached to an aromatic ring is 1. The first-order valence-corrected chi connectivity index (χ1v) is 8.84. The quantitative estimate of drug-likeness (QED) is 0.915. The number of hydrogen-bond acceptors (Lipinski definition) is 4. The fraction of sp³-hybridized carbons (Fsp3) is 0.562. The predicted molar refractivity (Wildman–Crippen MR) is 90.0 cm³/mol. The number of benzene rings is 1. The number of imidazole rings is 1. The SMILES string of the molecule is CCOc1cccc2c1nc(N)n2CC1(SC)CCCC1. The van der Waals surface area contributed by atoms with E-state index in [4.69, 9.17) is 10.5 Å². The first kappa shape index (κ1) is 14.6. The minimum atomic E-state index is 0.309. The Labute approximate surface area is 130 Å². The predicted octanol–water partition coefficient (Wildman–Crippen LogP) is 3.69. The van der Waals surface area contributed by atoms with Gasteiger partial charge in [-0.15, -0.1) is 0 Å². The first-order valence-electron chi connectivity index (χ1n) is 7.62. The number of nitrogens with zero attached hydrogens (tertiary/aromatic N) is 2. The van der Waals surface area contributed by atoms with Crippen LogP contribution in [0.25, 0.3) is 11.0 Å². The van der Waals surface area contributed by atoms with E-state index < -0.39 is 0 Å². The smallest absolute Gasteiger partial charge is 0.201 e. The van der Waals surface area contributed by atoms with Crippen molar-refractivity contribution in [2.75, 3.05) is 18.6 Å². The molecule has 1 aliphatic rings. The van der Waals surface area contributed by atoms with Crippen molar-refractivity contribution in [2.24, 2.45) is 0 Å². The van der Waals surface area contributed by atoms with E-state index in [2.05, 4.69) is 21.9 Å². The molecule has 0 aliphatic heterocycles. The van der Waals surface area contributed by atoms with Crippen molar-refractivity contribution in [3.05, 3.63) is 18.2 Å². The monoisotopic (exact) mass is 305 g/mol. The molecule has 0 saturated heterocycles. The molecule has 1 heterocycles. The Morgan fingerprint density at radius 2 is 2.14 bits per heavy atom. The average Bonchev–Trinajstić information content (AvgIpc) is 3.07. The van der Waals surface area contributed by atoms with Crippen molar-refractivity contribution >= 4 is 28.7 Å². The summed E-state index contributed by atoms with van der Waals surface area (Å²) < 4.78 is 8.15. The van der Waals surface area contributed by atoms with Crippen LogP contribution in [0.2, 0.25) is 0 Å². The summed E-state index contributed by atoms with van der Waals surface area (Å²) >= 11 is 1.97. The Kier molecular flexibility index (Phi) is 4.02. The standard InChI is InChI=1S/C16H23N3OS/c1-3-20-13-8-6-7-12-14(13)18-15(17)19(12)11-16(21-2)9-4-5-10-16/h6-8H,3-5,9-11H2,1-2H3,(H2,17,18). The van der Waals surface area contributed by atoms with E-state index in [0.717, 1.165) is 23.3 Å². The number of para-hydroxylation sites is 1. The molecule has 1 saturated carbocycles. The van der Waals surface area contributed by atoms with Gasteiger partial charge in [0.05, 0.1) is 12.1 Å². The number of thioether (sulfide) groups is 1. The van der Waals surface area contributed by atoms with Gasteiger partial charge in [0.25, 0.3) is 0 Å². The molecule has 114 valence electrons. The maximum absolute atomic E-state index is 6.20. The maximum Gasteiger partial charge on any atom is 0.201 e. The molecule has 4 nitrogen and oxygen atoms in total. The molecule has 1 aromatic heterocycles. The topological polar surface area (TPSA) is 53.1 Å². The van der Waals surface area contributed by atoms with Crippen LogP contribution in [0.15, 0.2) is 18.2 Å².